The van der Waals surface area contributed by atoms with E-state index in [1.165, 1.54) is 25.2 Å². The lowest BCUT2D eigenvalue weighted by Gasteiger charge is -2.33. The fourth-order valence-corrected chi connectivity index (χ4v) is 4.50. The van der Waals surface area contributed by atoms with E-state index >= 15 is 0 Å². The maximum Gasteiger partial charge on any atom is 0.244 e. The van der Waals surface area contributed by atoms with Crippen LogP contribution >= 0.6 is 0 Å². The van der Waals surface area contributed by atoms with Gasteiger partial charge in [-0.05, 0) is 52.3 Å². The second-order valence-electron chi connectivity index (χ2n) is 9.73. The number of benzene rings is 2. The minimum atomic E-state index is -3.91. The Balaban J connectivity index is 2.50. The maximum absolute atomic E-state index is 13.7. The number of methoxy groups -OCH3 is 2. The first kappa shape index (κ1) is 29.0. The molecule has 198 valence electrons. The molecule has 10 heteroatoms. The van der Waals surface area contributed by atoms with Gasteiger partial charge in [0.1, 0.15) is 24.1 Å². The molecule has 0 saturated heterocycles. The highest BCUT2D eigenvalue weighted by molar-refractivity contribution is 7.92. The van der Waals surface area contributed by atoms with Crippen molar-refractivity contribution < 1.29 is 27.5 Å². The maximum atomic E-state index is 13.7. The number of anilines is 1. The number of nitrogens with one attached hydrogen (secondary N) is 1. The minimum absolute atomic E-state index is 0.131. The number of hydrogen-bond acceptors (Lipinski definition) is 6. The molecule has 2 aromatic rings. The van der Waals surface area contributed by atoms with Crippen LogP contribution in [-0.2, 0) is 26.2 Å². The molecule has 36 heavy (non-hydrogen) atoms. The standard InChI is InChI=1S/C26H37N3O6S/c1-18-10-9-11-20(14-18)16-28(19(2)25(31)27-26(3,4)5)24(30)17-29(36(8,32)33)22-15-21(34-6)12-13-23(22)35-7/h9-15,19H,16-17H2,1-8H3,(H,27,31). The van der Waals surface area contributed by atoms with E-state index in [0.29, 0.717) is 5.75 Å². The molecule has 0 aliphatic rings. The van der Waals surface area contributed by atoms with Gasteiger partial charge in [0.2, 0.25) is 21.8 Å². The van der Waals surface area contributed by atoms with Crippen LogP contribution in [0.3, 0.4) is 0 Å². The summed E-state index contributed by atoms with van der Waals surface area (Å²) >= 11 is 0. The van der Waals surface area contributed by atoms with Crippen molar-refractivity contribution in [3.63, 3.8) is 0 Å². The predicted molar refractivity (Wildman–Crippen MR) is 141 cm³/mol. The Morgan fingerprint density at radius 3 is 2.25 bits per heavy atom. The van der Waals surface area contributed by atoms with Gasteiger partial charge in [-0.25, -0.2) is 8.42 Å². The van der Waals surface area contributed by atoms with Gasteiger partial charge in [-0.3, -0.25) is 13.9 Å². The summed E-state index contributed by atoms with van der Waals surface area (Å²) in [6.07, 6.45) is 1.01. The molecule has 0 bridgehead atoms. The van der Waals surface area contributed by atoms with Crippen LogP contribution in [0.2, 0.25) is 0 Å². The van der Waals surface area contributed by atoms with E-state index in [-0.39, 0.29) is 23.9 Å². The molecule has 0 aliphatic heterocycles. The lowest BCUT2D eigenvalue weighted by atomic mass is 10.1. The van der Waals surface area contributed by atoms with Crippen molar-refractivity contribution in [2.75, 3.05) is 31.3 Å². The number of amides is 2. The molecule has 1 N–H and O–H groups in total. The van der Waals surface area contributed by atoms with E-state index in [9.17, 15) is 18.0 Å². The van der Waals surface area contributed by atoms with E-state index in [2.05, 4.69) is 5.32 Å². The number of hydrogen-bond donors (Lipinski definition) is 1. The lowest BCUT2D eigenvalue weighted by molar-refractivity contribution is -0.140. The molecule has 2 rings (SSSR count). The number of rotatable bonds is 10. The molecule has 0 aromatic heterocycles. The van der Waals surface area contributed by atoms with Crippen LogP contribution in [0.15, 0.2) is 42.5 Å². The molecule has 0 fully saturated rings. The number of aryl methyl sites for hydroxylation is 1. The number of carbonyl (C=O) groups excluding carboxylic acids is 2. The van der Waals surface area contributed by atoms with Crippen molar-refractivity contribution >= 4 is 27.5 Å². The summed E-state index contributed by atoms with van der Waals surface area (Å²) in [4.78, 5) is 28.1. The van der Waals surface area contributed by atoms with Gasteiger partial charge >= 0.3 is 0 Å². The molecular formula is C26H37N3O6S. The fraction of sp³-hybridized carbons (Fsp3) is 0.462. The smallest absolute Gasteiger partial charge is 0.244 e. The summed E-state index contributed by atoms with van der Waals surface area (Å²) in [5, 5.41) is 2.90. The Labute approximate surface area is 214 Å². The third kappa shape index (κ3) is 7.87. The number of sulfonamides is 1. The SMILES string of the molecule is COc1ccc(OC)c(N(CC(=O)N(Cc2cccc(C)c2)C(C)C(=O)NC(C)(C)C)S(C)(=O)=O)c1. The third-order valence-corrected chi connectivity index (χ3v) is 6.56. The second-order valence-corrected chi connectivity index (χ2v) is 11.6. The Hall–Kier alpha value is -3.27. The first-order valence-electron chi connectivity index (χ1n) is 11.5. The molecule has 2 aromatic carbocycles. The molecule has 0 spiro atoms. The summed E-state index contributed by atoms with van der Waals surface area (Å²) in [6.45, 7) is 8.73. The van der Waals surface area contributed by atoms with Gasteiger partial charge in [-0.15, -0.1) is 0 Å². The van der Waals surface area contributed by atoms with E-state index in [0.717, 1.165) is 21.7 Å². The molecule has 1 unspecified atom stereocenters. The first-order valence-corrected chi connectivity index (χ1v) is 13.4. The predicted octanol–water partition coefficient (Wildman–Crippen LogP) is 3.11. The van der Waals surface area contributed by atoms with Crippen LogP contribution in [0, 0.1) is 6.92 Å². The number of ether oxygens (including phenoxy) is 2. The van der Waals surface area contributed by atoms with Crippen molar-refractivity contribution in [3.8, 4) is 11.5 Å². The van der Waals surface area contributed by atoms with Crippen LogP contribution in [0.4, 0.5) is 5.69 Å². The molecule has 2 amide bonds. The van der Waals surface area contributed by atoms with Gasteiger partial charge < -0.3 is 19.7 Å². The molecule has 0 saturated carbocycles. The zero-order valence-electron chi connectivity index (χ0n) is 22.3. The Kier molecular flexibility index (Phi) is 9.37. The van der Waals surface area contributed by atoms with Crippen molar-refractivity contribution in [1.82, 2.24) is 10.2 Å². The van der Waals surface area contributed by atoms with Gasteiger partial charge in [0.25, 0.3) is 0 Å². The zero-order valence-corrected chi connectivity index (χ0v) is 23.1. The van der Waals surface area contributed by atoms with Gasteiger partial charge in [0.15, 0.2) is 0 Å². The van der Waals surface area contributed by atoms with Gasteiger partial charge in [-0.2, -0.15) is 0 Å². The highest BCUT2D eigenvalue weighted by Gasteiger charge is 2.32. The molecule has 9 nitrogen and oxygen atoms in total. The van der Waals surface area contributed by atoms with Crippen molar-refractivity contribution in [1.29, 1.82) is 0 Å². The second kappa shape index (κ2) is 11.6. The molecule has 0 aliphatic carbocycles. The lowest BCUT2D eigenvalue weighted by Crippen LogP contribution is -2.54. The van der Waals surface area contributed by atoms with E-state index in [4.69, 9.17) is 9.47 Å². The Morgan fingerprint density at radius 2 is 1.72 bits per heavy atom. The van der Waals surface area contributed by atoms with Crippen LogP contribution in [0.25, 0.3) is 0 Å². The normalized spacial score (nSPS) is 12.4. The van der Waals surface area contributed by atoms with Crippen molar-refractivity contribution in [2.24, 2.45) is 0 Å². The number of nitrogens with zero attached hydrogens (tertiary/aromatic N) is 2. The third-order valence-electron chi connectivity index (χ3n) is 5.43. The summed E-state index contributed by atoms with van der Waals surface area (Å²) in [5.41, 5.74) is 1.49. The van der Waals surface area contributed by atoms with E-state index in [1.807, 2.05) is 52.0 Å². The Bertz CT molecular complexity index is 1190. The Morgan fingerprint density at radius 1 is 1.06 bits per heavy atom. The van der Waals surface area contributed by atoms with Gasteiger partial charge in [0, 0.05) is 18.2 Å². The van der Waals surface area contributed by atoms with Crippen molar-refractivity contribution in [2.45, 2.75) is 52.7 Å². The van der Waals surface area contributed by atoms with Crippen LogP contribution in [-0.4, -0.2) is 63.7 Å². The summed E-state index contributed by atoms with van der Waals surface area (Å²) in [7, 11) is -1.04. The molecule has 0 radical (unpaired) electrons. The van der Waals surface area contributed by atoms with Crippen LogP contribution < -0.4 is 19.1 Å². The largest absolute Gasteiger partial charge is 0.497 e. The topological polar surface area (TPSA) is 105 Å². The monoisotopic (exact) mass is 519 g/mol. The average Bonchev–Trinajstić information content (AvgIpc) is 2.78. The fourth-order valence-electron chi connectivity index (χ4n) is 3.65. The first-order chi connectivity index (χ1) is 16.7. The highest BCUT2D eigenvalue weighted by Crippen LogP contribution is 2.34. The minimum Gasteiger partial charge on any atom is -0.497 e. The highest BCUT2D eigenvalue weighted by atomic mass is 32.2. The summed E-state index contributed by atoms with van der Waals surface area (Å²) in [5.74, 6) is -0.212. The number of carbonyl (C=O) groups is 2. The molecule has 0 heterocycles. The summed E-state index contributed by atoms with van der Waals surface area (Å²) in [6, 6.07) is 11.4. The quantitative estimate of drug-likeness (QED) is 0.517. The summed E-state index contributed by atoms with van der Waals surface area (Å²) < 4.78 is 37.2. The molecule has 1 atom stereocenters. The molecular weight excluding hydrogens is 482 g/mol. The average molecular weight is 520 g/mol. The van der Waals surface area contributed by atoms with Crippen LogP contribution in [0.5, 0.6) is 11.5 Å². The van der Waals surface area contributed by atoms with E-state index in [1.54, 1.807) is 19.1 Å². The van der Waals surface area contributed by atoms with E-state index < -0.39 is 34.1 Å². The van der Waals surface area contributed by atoms with Crippen LogP contribution in [0.1, 0.15) is 38.8 Å². The zero-order chi connectivity index (χ0) is 27.3. The van der Waals surface area contributed by atoms with Gasteiger partial charge in [-0.1, -0.05) is 29.8 Å². The van der Waals surface area contributed by atoms with Gasteiger partial charge in [0.05, 0.1) is 26.2 Å². The van der Waals surface area contributed by atoms with Crippen molar-refractivity contribution in [3.05, 3.63) is 53.6 Å².